The second-order valence-corrected chi connectivity index (χ2v) is 2.37. The van der Waals surface area contributed by atoms with Gasteiger partial charge in [-0.05, 0) is 6.07 Å². The molecule has 64 valence electrons. The number of methoxy groups -OCH3 is 1. The summed E-state index contributed by atoms with van der Waals surface area (Å²) in [6.07, 6.45) is 1.11. The molecule has 3 heteroatoms. The van der Waals surface area contributed by atoms with Crippen LogP contribution in [0.5, 0.6) is 11.5 Å². The van der Waals surface area contributed by atoms with Crippen LogP contribution in [0, 0.1) is 0 Å². The molecule has 0 aliphatic carbocycles. The summed E-state index contributed by atoms with van der Waals surface area (Å²) in [6, 6.07) is 4.68. The van der Waals surface area contributed by atoms with E-state index in [2.05, 4.69) is 0 Å². The Kier molecular flexibility index (Phi) is 2.69. The zero-order chi connectivity index (χ0) is 8.97. The molecule has 0 unspecified atom stereocenters. The first-order valence-corrected chi connectivity index (χ1v) is 3.57. The Balaban J connectivity index is 3.01. The molecule has 0 atom stereocenters. The molecule has 0 aliphatic rings. The van der Waals surface area contributed by atoms with E-state index in [0.717, 1.165) is 11.8 Å². The first-order valence-electron chi connectivity index (χ1n) is 3.57. The van der Waals surface area contributed by atoms with Gasteiger partial charge in [0.2, 0.25) is 0 Å². The Morgan fingerprint density at radius 1 is 1.58 bits per heavy atom. The zero-order valence-corrected chi connectivity index (χ0v) is 6.78. The van der Waals surface area contributed by atoms with Gasteiger partial charge in [-0.15, -0.1) is 0 Å². The van der Waals surface area contributed by atoms with E-state index >= 15 is 0 Å². The standard InChI is InChI=1S/C9H10O3/c1-12-9-6-8(11)3-2-7(9)4-5-10/h2-3,5-6,11H,4H2,1H3. The fourth-order valence-electron chi connectivity index (χ4n) is 0.992. The second-order valence-electron chi connectivity index (χ2n) is 2.37. The Hall–Kier alpha value is -1.51. The molecule has 1 rings (SSSR count). The van der Waals surface area contributed by atoms with E-state index in [4.69, 9.17) is 9.84 Å². The van der Waals surface area contributed by atoms with Gasteiger partial charge in [0, 0.05) is 18.1 Å². The third-order valence-electron chi connectivity index (χ3n) is 1.57. The largest absolute Gasteiger partial charge is 0.508 e. The van der Waals surface area contributed by atoms with E-state index in [1.807, 2.05) is 0 Å². The molecule has 1 aromatic rings. The molecule has 0 amide bonds. The summed E-state index contributed by atoms with van der Waals surface area (Å²) in [7, 11) is 1.50. The van der Waals surface area contributed by atoms with Crippen LogP contribution in [0.1, 0.15) is 5.56 Å². The van der Waals surface area contributed by atoms with Crippen molar-refractivity contribution >= 4 is 6.29 Å². The summed E-state index contributed by atoms with van der Waals surface area (Å²) >= 11 is 0. The Morgan fingerprint density at radius 3 is 2.92 bits per heavy atom. The van der Waals surface area contributed by atoms with Crippen molar-refractivity contribution in [1.29, 1.82) is 0 Å². The first kappa shape index (κ1) is 8.59. The third-order valence-corrected chi connectivity index (χ3v) is 1.57. The molecule has 1 N–H and O–H groups in total. The van der Waals surface area contributed by atoms with E-state index in [-0.39, 0.29) is 5.75 Å². The number of aromatic hydroxyl groups is 1. The SMILES string of the molecule is COc1cc(O)ccc1CC=O. The van der Waals surface area contributed by atoms with Gasteiger partial charge in [0.1, 0.15) is 17.8 Å². The molecular formula is C9H10O3. The summed E-state index contributed by atoms with van der Waals surface area (Å²) in [6.45, 7) is 0. The van der Waals surface area contributed by atoms with Crippen molar-refractivity contribution in [1.82, 2.24) is 0 Å². The Bertz CT molecular complexity index is 281. The van der Waals surface area contributed by atoms with Crippen molar-refractivity contribution in [3.8, 4) is 11.5 Å². The number of aldehydes is 1. The summed E-state index contributed by atoms with van der Waals surface area (Å²) in [5.74, 6) is 0.684. The van der Waals surface area contributed by atoms with E-state index in [0.29, 0.717) is 12.2 Å². The van der Waals surface area contributed by atoms with Gasteiger partial charge >= 0.3 is 0 Å². The number of rotatable bonds is 3. The molecule has 0 fully saturated rings. The van der Waals surface area contributed by atoms with Crippen LogP contribution in [-0.4, -0.2) is 18.5 Å². The van der Waals surface area contributed by atoms with Crippen LogP contribution < -0.4 is 4.74 Å². The van der Waals surface area contributed by atoms with Crippen LogP contribution in [0.15, 0.2) is 18.2 Å². The number of phenolic OH excluding ortho intramolecular Hbond substituents is 1. The van der Waals surface area contributed by atoms with E-state index in [9.17, 15) is 4.79 Å². The van der Waals surface area contributed by atoms with Gasteiger partial charge in [0.25, 0.3) is 0 Å². The molecule has 0 bridgehead atoms. The minimum atomic E-state index is 0.140. The fourth-order valence-corrected chi connectivity index (χ4v) is 0.992. The maximum Gasteiger partial charge on any atom is 0.126 e. The maximum absolute atomic E-state index is 10.2. The predicted octanol–water partition coefficient (Wildman–Crippen LogP) is 1.14. The van der Waals surface area contributed by atoms with Crippen molar-refractivity contribution in [2.75, 3.05) is 7.11 Å². The van der Waals surface area contributed by atoms with Crippen molar-refractivity contribution < 1.29 is 14.6 Å². The molecule has 0 saturated heterocycles. The van der Waals surface area contributed by atoms with Gasteiger partial charge in [-0.1, -0.05) is 6.07 Å². The van der Waals surface area contributed by atoms with Crippen molar-refractivity contribution in [2.24, 2.45) is 0 Å². The molecular weight excluding hydrogens is 156 g/mol. The lowest BCUT2D eigenvalue weighted by atomic mass is 10.1. The smallest absolute Gasteiger partial charge is 0.126 e. The van der Waals surface area contributed by atoms with Crippen LogP contribution in [0.2, 0.25) is 0 Å². The third kappa shape index (κ3) is 1.75. The number of hydrogen-bond donors (Lipinski definition) is 1. The van der Waals surface area contributed by atoms with Crippen molar-refractivity contribution in [2.45, 2.75) is 6.42 Å². The molecule has 0 radical (unpaired) electrons. The average molecular weight is 166 g/mol. The maximum atomic E-state index is 10.2. The summed E-state index contributed by atoms with van der Waals surface area (Å²) in [5, 5.41) is 9.07. The van der Waals surface area contributed by atoms with Crippen LogP contribution >= 0.6 is 0 Å². The molecule has 0 heterocycles. The molecule has 0 aliphatic heterocycles. The summed E-state index contributed by atoms with van der Waals surface area (Å²) in [5.41, 5.74) is 0.783. The highest BCUT2D eigenvalue weighted by atomic mass is 16.5. The number of benzene rings is 1. The van der Waals surface area contributed by atoms with Crippen LogP contribution in [0.25, 0.3) is 0 Å². The van der Waals surface area contributed by atoms with Crippen LogP contribution in [0.4, 0.5) is 0 Å². The fraction of sp³-hybridized carbons (Fsp3) is 0.222. The average Bonchev–Trinajstić information content (AvgIpc) is 2.08. The summed E-state index contributed by atoms with van der Waals surface area (Å²) in [4.78, 5) is 10.2. The van der Waals surface area contributed by atoms with Gasteiger partial charge in [-0.3, -0.25) is 0 Å². The van der Waals surface area contributed by atoms with E-state index in [1.54, 1.807) is 6.07 Å². The molecule has 0 saturated carbocycles. The Labute approximate surface area is 70.6 Å². The van der Waals surface area contributed by atoms with E-state index < -0.39 is 0 Å². The summed E-state index contributed by atoms with van der Waals surface area (Å²) < 4.78 is 4.96. The van der Waals surface area contributed by atoms with Crippen LogP contribution in [0.3, 0.4) is 0 Å². The zero-order valence-electron chi connectivity index (χ0n) is 6.78. The van der Waals surface area contributed by atoms with Gasteiger partial charge in [-0.25, -0.2) is 0 Å². The lowest BCUT2D eigenvalue weighted by molar-refractivity contribution is -0.107. The minimum absolute atomic E-state index is 0.140. The lowest BCUT2D eigenvalue weighted by Crippen LogP contribution is -1.92. The molecule has 1 aromatic carbocycles. The van der Waals surface area contributed by atoms with Crippen molar-refractivity contribution in [3.63, 3.8) is 0 Å². The molecule has 0 spiro atoms. The molecule has 0 aromatic heterocycles. The number of ether oxygens (including phenoxy) is 1. The number of phenols is 1. The highest BCUT2D eigenvalue weighted by Crippen LogP contribution is 2.23. The van der Waals surface area contributed by atoms with Gasteiger partial charge < -0.3 is 14.6 Å². The van der Waals surface area contributed by atoms with Gasteiger partial charge in [0.15, 0.2) is 0 Å². The van der Waals surface area contributed by atoms with Crippen molar-refractivity contribution in [3.05, 3.63) is 23.8 Å². The topological polar surface area (TPSA) is 46.5 Å². The second kappa shape index (κ2) is 3.76. The normalized spacial score (nSPS) is 9.42. The highest BCUT2D eigenvalue weighted by molar-refractivity contribution is 5.58. The van der Waals surface area contributed by atoms with Gasteiger partial charge in [-0.2, -0.15) is 0 Å². The number of hydrogen-bond acceptors (Lipinski definition) is 3. The minimum Gasteiger partial charge on any atom is -0.508 e. The monoisotopic (exact) mass is 166 g/mol. The quantitative estimate of drug-likeness (QED) is 0.685. The molecule has 12 heavy (non-hydrogen) atoms. The predicted molar refractivity (Wildman–Crippen MR) is 44.4 cm³/mol. The highest BCUT2D eigenvalue weighted by Gasteiger charge is 2.02. The molecule has 3 nitrogen and oxygen atoms in total. The first-order chi connectivity index (χ1) is 5.77. The number of carbonyl (C=O) groups excluding carboxylic acids is 1. The Morgan fingerprint density at radius 2 is 2.33 bits per heavy atom. The van der Waals surface area contributed by atoms with E-state index in [1.165, 1.54) is 19.2 Å². The number of carbonyl (C=O) groups is 1. The van der Waals surface area contributed by atoms with Gasteiger partial charge in [0.05, 0.1) is 7.11 Å². The van der Waals surface area contributed by atoms with Crippen LogP contribution in [-0.2, 0) is 11.2 Å². The lowest BCUT2D eigenvalue weighted by Gasteiger charge is -2.05.